The predicted octanol–water partition coefficient (Wildman–Crippen LogP) is 3.69. The van der Waals surface area contributed by atoms with Crippen molar-refractivity contribution in [3.63, 3.8) is 0 Å². The van der Waals surface area contributed by atoms with Crippen molar-refractivity contribution in [3.05, 3.63) is 35.6 Å². The van der Waals surface area contributed by atoms with E-state index in [0.29, 0.717) is 17.9 Å². The van der Waals surface area contributed by atoms with Crippen LogP contribution in [0.3, 0.4) is 0 Å². The summed E-state index contributed by atoms with van der Waals surface area (Å²) in [5, 5.41) is 11.8. The highest BCUT2D eigenvalue weighted by atomic mass is 19.1. The van der Waals surface area contributed by atoms with Gasteiger partial charge in [0.2, 0.25) is 0 Å². The molecule has 0 spiro atoms. The van der Waals surface area contributed by atoms with E-state index in [4.69, 9.17) is 5.21 Å². The largest absolute Gasteiger partial charge is 0.411 e. The van der Waals surface area contributed by atoms with Crippen LogP contribution in [0, 0.1) is 17.7 Å². The summed E-state index contributed by atoms with van der Waals surface area (Å²) < 4.78 is 13.1. The number of halogens is 1. The van der Waals surface area contributed by atoms with Gasteiger partial charge in [0, 0.05) is 12.3 Å². The van der Waals surface area contributed by atoms with Crippen molar-refractivity contribution in [1.82, 2.24) is 4.90 Å². The second-order valence-electron chi connectivity index (χ2n) is 5.90. The monoisotopic (exact) mass is 278 g/mol. The zero-order valence-electron chi connectivity index (χ0n) is 12.2. The van der Waals surface area contributed by atoms with Gasteiger partial charge in [-0.05, 0) is 69.3 Å². The number of oxime groups is 1. The van der Waals surface area contributed by atoms with E-state index < -0.39 is 0 Å². The highest BCUT2D eigenvalue weighted by Gasteiger charge is 2.29. The van der Waals surface area contributed by atoms with E-state index in [1.807, 2.05) is 12.1 Å². The second-order valence-corrected chi connectivity index (χ2v) is 5.90. The van der Waals surface area contributed by atoms with Crippen LogP contribution in [0.15, 0.2) is 29.4 Å². The molecule has 1 aromatic carbocycles. The van der Waals surface area contributed by atoms with Crippen LogP contribution in [0.4, 0.5) is 4.39 Å². The number of hydrogen-bond donors (Lipinski definition) is 1. The summed E-state index contributed by atoms with van der Waals surface area (Å²) in [5.41, 5.74) is 1.18. The number of rotatable bonds is 4. The average molecular weight is 278 g/mol. The van der Waals surface area contributed by atoms with E-state index in [1.165, 1.54) is 17.7 Å². The molecule has 1 atom stereocenters. The minimum absolute atomic E-state index is 0.186. The molecule has 20 heavy (non-hydrogen) atoms. The summed E-state index contributed by atoms with van der Waals surface area (Å²) in [4.78, 5) is 2.22. The average Bonchev–Trinajstić information content (AvgIpc) is 2.43. The summed E-state index contributed by atoms with van der Waals surface area (Å²) in [6.07, 6.45) is 5.98. The third-order valence-corrected chi connectivity index (χ3v) is 4.31. The Balaban J connectivity index is 2.08. The summed E-state index contributed by atoms with van der Waals surface area (Å²) in [6, 6.07) is 7.18. The van der Waals surface area contributed by atoms with Crippen LogP contribution < -0.4 is 0 Å². The molecule has 4 heteroatoms. The van der Waals surface area contributed by atoms with Crippen molar-refractivity contribution in [1.29, 1.82) is 0 Å². The second kappa shape index (κ2) is 6.84. The molecular formula is C16H23FN2O. The molecule has 1 unspecified atom stereocenters. The van der Waals surface area contributed by atoms with Gasteiger partial charge >= 0.3 is 0 Å². The Kier molecular flexibility index (Phi) is 5.12. The van der Waals surface area contributed by atoms with Gasteiger partial charge in [0.05, 0.1) is 0 Å². The minimum atomic E-state index is -0.186. The van der Waals surface area contributed by atoms with Gasteiger partial charge < -0.3 is 10.1 Å². The molecule has 1 fully saturated rings. The highest BCUT2D eigenvalue weighted by Crippen LogP contribution is 2.38. The van der Waals surface area contributed by atoms with Gasteiger partial charge in [-0.25, -0.2) is 4.39 Å². The molecule has 0 amide bonds. The zero-order valence-corrected chi connectivity index (χ0v) is 12.2. The Morgan fingerprint density at radius 1 is 1.20 bits per heavy atom. The molecule has 2 rings (SSSR count). The highest BCUT2D eigenvalue weighted by molar-refractivity contribution is 5.59. The quantitative estimate of drug-likeness (QED) is 0.518. The molecule has 0 radical (unpaired) electrons. The SMILES string of the molecule is CN(C)C(c1ccc(F)cc1)C1CCC(/C=N\O)CC1. The molecular weight excluding hydrogens is 255 g/mol. The fourth-order valence-electron chi connectivity index (χ4n) is 3.36. The standard InChI is InChI=1S/C16H23FN2O/c1-19(2)16(14-7-9-15(17)10-8-14)13-5-3-12(4-6-13)11-18-20/h7-13,16,20H,3-6H2,1-2H3/b18-11-. The molecule has 1 aliphatic carbocycles. The fourth-order valence-corrected chi connectivity index (χ4v) is 3.36. The van der Waals surface area contributed by atoms with Gasteiger partial charge in [0.15, 0.2) is 0 Å². The normalized spacial score (nSPS) is 25.2. The Bertz CT molecular complexity index is 436. The van der Waals surface area contributed by atoms with Crippen LogP contribution >= 0.6 is 0 Å². The summed E-state index contributed by atoms with van der Waals surface area (Å²) in [5.74, 6) is 0.778. The van der Waals surface area contributed by atoms with Gasteiger partial charge in [0.1, 0.15) is 5.82 Å². The Labute approximate surface area is 120 Å². The van der Waals surface area contributed by atoms with Crippen molar-refractivity contribution in [2.45, 2.75) is 31.7 Å². The molecule has 110 valence electrons. The van der Waals surface area contributed by atoms with Crippen molar-refractivity contribution >= 4 is 6.21 Å². The van der Waals surface area contributed by atoms with Crippen molar-refractivity contribution in [2.24, 2.45) is 17.0 Å². The van der Waals surface area contributed by atoms with Crippen LogP contribution in [0.1, 0.15) is 37.3 Å². The lowest BCUT2D eigenvalue weighted by atomic mass is 9.76. The lowest BCUT2D eigenvalue weighted by Crippen LogP contribution is -2.30. The Morgan fingerprint density at radius 2 is 1.80 bits per heavy atom. The maximum atomic E-state index is 13.1. The van der Waals surface area contributed by atoms with Gasteiger partial charge in [-0.15, -0.1) is 5.16 Å². The minimum Gasteiger partial charge on any atom is -0.411 e. The van der Waals surface area contributed by atoms with Crippen LogP contribution in [0.25, 0.3) is 0 Å². The maximum absolute atomic E-state index is 13.1. The zero-order chi connectivity index (χ0) is 14.5. The summed E-state index contributed by atoms with van der Waals surface area (Å²) in [6.45, 7) is 0. The van der Waals surface area contributed by atoms with Crippen LogP contribution in [-0.4, -0.2) is 30.4 Å². The molecule has 0 bridgehead atoms. The van der Waals surface area contributed by atoms with E-state index in [1.54, 1.807) is 6.21 Å². The van der Waals surface area contributed by atoms with Crippen LogP contribution in [0.5, 0.6) is 0 Å². The first kappa shape index (κ1) is 15.0. The van der Waals surface area contributed by atoms with Gasteiger partial charge in [-0.3, -0.25) is 0 Å². The molecule has 0 heterocycles. The molecule has 1 saturated carbocycles. The van der Waals surface area contributed by atoms with Gasteiger partial charge in [-0.2, -0.15) is 0 Å². The topological polar surface area (TPSA) is 35.8 Å². The molecule has 0 aromatic heterocycles. The van der Waals surface area contributed by atoms with Gasteiger partial charge in [0.25, 0.3) is 0 Å². The fraction of sp³-hybridized carbons (Fsp3) is 0.562. The number of benzene rings is 1. The van der Waals surface area contributed by atoms with Crippen molar-refractivity contribution in [2.75, 3.05) is 14.1 Å². The van der Waals surface area contributed by atoms with Gasteiger partial charge in [-0.1, -0.05) is 12.1 Å². The third-order valence-electron chi connectivity index (χ3n) is 4.31. The van der Waals surface area contributed by atoms with Crippen LogP contribution in [-0.2, 0) is 0 Å². The van der Waals surface area contributed by atoms with Crippen LogP contribution in [0.2, 0.25) is 0 Å². The summed E-state index contributed by atoms with van der Waals surface area (Å²) in [7, 11) is 4.16. The molecule has 3 nitrogen and oxygen atoms in total. The molecule has 1 N–H and O–H groups in total. The third kappa shape index (κ3) is 3.57. The van der Waals surface area contributed by atoms with Crippen molar-refractivity contribution < 1.29 is 9.60 Å². The Morgan fingerprint density at radius 3 is 2.30 bits per heavy atom. The first-order chi connectivity index (χ1) is 9.61. The number of nitrogens with zero attached hydrogens (tertiary/aromatic N) is 2. The maximum Gasteiger partial charge on any atom is 0.123 e. The van der Waals surface area contributed by atoms with E-state index in [2.05, 4.69) is 24.2 Å². The van der Waals surface area contributed by atoms with E-state index in [-0.39, 0.29) is 5.82 Å². The number of hydrogen-bond acceptors (Lipinski definition) is 3. The molecule has 0 saturated heterocycles. The lowest BCUT2D eigenvalue weighted by molar-refractivity contribution is 0.162. The van der Waals surface area contributed by atoms with E-state index >= 15 is 0 Å². The first-order valence-corrected chi connectivity index (χ1v) is 7.21. The lowest BCUT2D eigenvalue weighted by Gasteiger charge is -2.36. The van der Waals surface area contributed by atoms with E-state index in [9.17, 15) is 4.39 Å². The predicted molar refractivity (Wildman–Crippen MR) is 78.6 cm³/mol. The molecule has 0 aliphatic heterocycles. The smallest absolute Gasteiger partial charge is 0.123 e. The molecule has 1 aromatic rings. The first-order valence-electron chi connectivity index (χ1n) is 7.21. The Hall–Kier alpha value is -1.42. The molecule has 1 aliphatic rings. The van der Waals surface area contributed by atoms with Crippen molar-refractivity contribution in [3.8, 4) is 0 Å². The van der Waals surface area contributed by atoms with E-state index in [0.717, 1.165) is 25.7 Å². The summed E-state index contributed by atoms with van der Waals surface area (Å²) >= 11 is 0.